The Morgan fingerprint density at radius 2 is 2.12 bits per heavy atom. The molecule has 0 aromatic heterocycles. The minimum Gasteiger partial charge on any atom is -0.387 e. The van der Waals surface area contributed by atoms with E-state index < -0.39 is 22.2 Å². The topological polar surface area (TPSA) is 89.3 Å². The van der Waals surface area contributed by atoms with Crippen LogP contribution in [0.25, 0.3) is 0 Å². The Bertz CT molecular complexity index is 837. The van der Waals surface area contributed by atoms with Gasteiger partial charge in [0.05, 0.1) is 15.1 Å². The Morgan fingerprint density at radius 3 is 2.54 bits per heavy atom. The normalized spacial score (nSPS) is 11.0. The number of nitro groups is 1. The smallest absolute Gasteiger partial charge is 0.282 e. The van der Waals surface area contributed by atoms with Crippen LogP contribution in [0, 0.1) is 10.1 Å². The van der Waals surface area contributed by atoms with E-state index in [9.17, 15) is 24.1 Å². The number of benzene rings is 1. The molecule has 26 heavy (non-hydrogen) atoms. The van der Waals surface area contributed by atoms with Crippen LogP contribution in [0.3, 0.4) is 0 Å². The van der Waals surface area contributed by atoms with Gasteiger partial charge in [0.1, 0.15) is 17.7 Å². The lowest BCUT2D eigenvalue weighted by molar-refractivity contribution is -0.385. The van der Waals surface area contributed by atoms with E-state index in [4.69, 9.17) is 11.6 Å². The highest BCUT2D eigenvalue weighted by molar-refractivity contribution is 9.10. The number of ketones is 1. The number of nitrogens with zero attached hydrogens (tertiary/aromatic N) is 1. The highest BCUT2D eigenvalue weighted by Crippen LogP contribution is 2.39. The van der Waals surface area contributed by atoms with Crippen molar-refractivity contribution in [3.8, 4) is 0 Å². The minimum atomic E-state index is -0.953. The number of Topliss-reactive ketones (excluding diaryl/α,β-unsaturated/α-hetero) is 1. The van der Waals surface area contributed by atoms with Gasteiger partial charge < -0.3 is 10.1 Å². The fraction of sp³-hybridized carbons (Fsp3) is 0.176. The molecule has 0 atom stereocenters. The Hall–Kier alpha value is -2.32. The van der Waals surface area contributed by atoms with Crippen molar-refractivity contribution < 1.29 is 18.9 Å². The molecule has 0 spiro atoms. The number of halogens is 3. The van der Waals surface area contributed by atoms with Crippen LogP contribution in [0.1, 0.15) is 22.3 Å². The van der Waals surface area contributed by atoms with Crippen molar-refractivity contribution >= 4 is 51.0 Å². The van der Waals surface area contributed by atoms with Gasteiger partial charge >= 0.3 is 0 Å². The summed E-state index contributed by atoms with van der Waals surface area (Å²) in [5, 5.41) is 14.0. The van der Waals surface area contributed by atoms with E-state index >= 15 is 0 Å². The first-order chi connectivity index (χ1) is 12.1. The van der Waals surface area contributed by atoms with Gasteiger partial charge in [-0.1, -0.05) is 24.8 Å². The van der Waals surface area contributed by atoms with Crippen molar-refractivity contribution in [3.63, 3.8) is 0 Å². The summed E-state index contributed by atoms with van der Waals surface area (Å²) in [5.41, 5.74) is -0.302. The van der Waals surface area contributed by atoms with Crippen molar-refractivity contribution in [1.82, 2.24) is 0 Å². The number of allylic oxidation sites excluding steroid dienone is 4. The second-order valence-electron chi connectivity index (χ2n) is 5.07. The van der Waals surface area contributed by atoms with Crippen LogP contribution in [0.5, 0.6) is 0 Å². The van der Waals surface area contributed by atoms with Crippen LogP contribution >= 0.6 is 27.5 Å². The summed E-state index contributed by atoms with van der Waals surface area (Å²) in [6, 6.07) is 1.20. The minimum absolute atomic E-state index is 0.105. The zero-order chi connectivity index (χ0) is 20.0. The molecule has 0 heterocycles. The molecule has 0 saturated carbocycles. The molecule has 0 aliphatic carbocycles. The molecule has 0 saturated heterocycles. The van der Waals surface area contributed by atoms with E-state index in [-0.39, 0.29) is 33.5 Å². The average Bonchev–Trinajstić information content (AvgIpc) is 2.56. The maximum absolute atomic E-state index is 13.2. The van der Waals surface area contributed by atoms with E-state index in [2.05, 4.69) is 34.4 Å². The van der Waals surface area contributed by atoms with Crippen LogP contribution in [0.15, 0.2) is 46.2 Å². The lowest BCUT2D eigenvalue weighted by Crippen LogP contribution is -2.11. The molecule has 1 N–H and O–H groups in total. The Morgan fingerprint density at radius 1 is 1.50 bits per heavy atom. The number of anilines is 1. The predicted octanol–water partition coefficient (Wildman–Crippen LogP) is 4.88. The molecule has 6 nitrogen and oxygen atoms in total. The molecule has 0 radical (unpaired) electrons. The van der Waals surface area contributed by atoms with Gasteiger partial charge in [-0.15, -0.1) is 0 Å². The number of carbonyl (C=O) groups excluding carboxylic acids is 2. The van der Waals surface area contributed by atoms with E-state index in [1.165, 1.54) is 6.07 Å². The first kappa shape index (κ1) is 21.7. The van der Waals surface area contributed by atoms with Gasteiger partial charge in [0.15, 0.2) is 0 Å². The molecule has 0 unspecified atom stereocenters. The highest BCUT2D eigenvalue weighted by Gasteiger charge is 2.30. The summed E-state index contributed by atoms with van der Waals surface area (Å²) in [4.78, 5) is 34.2. The van der Waals surface area contributed by atoms with Gasteiger partial charge in [-0.05, 0) is 34.0 Å². The maximum Gasteiger partial charge on any atom is 0.282 e. The first-order valence-electron chi connectivity index (χ1n) is 7.22. The van der Waals surface area contributed by atoms with Crippen molar-refractivity contribution in [2.24, 2.45) is 0 Å². The molecule has 138 valence electrons. The molecule has 0 fully saturated rings. The van der Waals surface area contributed by atoms with Gasteiger partial charge in [-0.25, -0.2) is 4.39 Å². The second kappa shape index (κ2) is 9.40. The van der Waals surface area contributed by atoms with Crippen molar-refractivity contribution in [2.45, 2.75) is 12.8 Å². The van der Waals surface area contributed by atoms with Crippen molar-refractivity contribution in [2.75, 3.05) is 12.4 Å². The van der Waals surface area contributed by atoms with Gasteiger partial charge in [-0.3, -0.25) is 14.9 Å². The molecule has 1 rings (SSSR count). The number of rotatable bonds is 9. The van der Waals surface area contributed by atoms with Crippen molar-refractivity contribution in [1.29, 1.82) is 0 Å². The third-order valence-corrected chi connectivity index (χ3v) is 4.37. The van der Waals surface area contributed by atoms with Crippen LogP contribution in [-0.4, -0.2) is 24.0 Å². The summed E-state index contributed by atoms with van der Waals surface area (Å²) in [5.74, 6) is -1.84. The van der Waals surface area contributed by atoms with Crippen LogP contribution in [0.2, 0.25) is 0 Å². The second-order valence-corrected chi connectivity index (χ2v) is 6.32. The number of hydrogen-bond acceptors (Lipinski definition) is 5. The number of nitrogens with one attached hydrogen (secondary N) is 1. The van der Waals surface area contributed by atoms with E-state index in [1.807, 2.05) is 0 Å². The fourth-order valence-electron chi connectivity index (χ4n) is 2.29. The predicted molar refractivity (Wildman–Crippen MR) is 102 cm³/mol. The SMILES string of the molecule is C=C(F)/C=C(\C(=C)Cl)C(=O)c1c([N+](=O)[O-])cc(CCC=O)c(NC)c1Br. The van der Waals surface area contributed by atoms with Gasteiger partial charge in [0, 0.05) is 30.1 Å². The molecular formula is C17H15BrClFN2O4. The van der Waals surface area contributed by atoms with Gasteiger partial charge in [0.2, 0.25) is 5.78 Å². The molecule has 0 aliphatic rings. The fourth-order valence-corrected chi connectivity index (χ4v) is 3.26. The summed E-state index contributed by atoms with van der Waals surface area (Å²) in [7, 11) is 1.56. The summed E-state index contributed by atoms with van der Waals surface area (Å²) >= 11 is 8.95. The lowest BCUT2D eigenvalue weighted by Gasteiger charge is -2.15. The quantitative estimate of drug-likeness (QED) is 0.146. The lowest BCUT2D eigenvalue weighted by atomic mass is 9.96. The number of hydrogen-bond donors (Lipinski definition) is 1. The third-order valence-electron chi connectivity index (χ3n) is 3.37. The third kappa shape index (κ3) is 4.86. The molecule has 9 heteroatoms. The number of carbonyl (C=O) groups is 2. The zero-order valence-corrected chi connectivity index (χ0v) is 16.1. The number of nitro benzene ring substituents is 1. The molecule has 0 bridgehead atoms. The average molecular weight is 446 g/mol. The molecule has 0 amide bonds. The number of aryl methyl sites for hydroxylation is 1. The van der Waals surface area contributed by atoms with E-state index in [1.54, 1.807) is 7.05 Å². The van der Waals surface area contributed by atoms with Crippen molar-refractivity contribution in [3.05, 3.63) is 67.4 Å². The Kier molecular flexibility index (Phi) is 7.85. The van der Waals surface area contributed by atoms with E-state index in [0.29, 0.717) is 17.5 Å². The van der Waals surface area contributed by atoms with E-state index in [0.717, 1.165) is 6.08 Å². The monoisotopic (exact) mass is 444 g/mol. The number of aldehydes is 1. The van der Waals surface area contributed by atoms with Crippen LogP contribution < -0.4 is 5.32 Å². The summed E-state index contributed by atoms with van der Waals surface area (Å²) in [6.07, 6.45) is 1.83. The first-order valence-corrected chi connectivity index (χ1v) is 8.39. The van der Waals surface area contributed by atoms with Gasteiger partial charge in [-0.2, -0.15) is 0 Å². The van der Waals surface area contributed by atoms with Crippen LogP contribution in [0.4, 0.5) is 15.8 Å². The summed E-state index contributed by atoms with van der Waals surface area (Å²) in [6.45, 7) is 6.42. The zero-order valence-electron chi connectivity index (χ0n) is 13.8. The maximum atomic E-state index is 13.2. The highest BCUT2D eigenvalue weighted by atomic mass is 79.9. The molecule has 1 aromatic carbocycles. The Labute approximate surface area is 162 Å². The molecule has 1 aromatic rings. The molecular weight excluding hydrogens is 431 g/mol. The summed E-state index contributed by atoms with van der Waals surface area (Å²) < 4.78 is 13.3. The standard InChI is InChI=1S/C17H15BrClFN2O4/c1-9(20)7-12(10(2)19)17(24)14-13(22(25)26)8-11(5-4-6-23)16(21-3)15(14)18/h6-8,21H,1-2,4-5H2,3H3/b12-7+. The molecule has 0 aliphatic heterocycles. The van der Waals surface area contributed by atoms with Crippen LogP contribution in [-0.2, 0) is 11.2 Å². The Balaban J connectivity index is 3.76. The largest absolute Gasteiger partial charge is 0.387 e. The van der Waals surface area contributed by atoms with Gasteiger partial charge in [0.25, 0.3) is 5.69 Å².